The van der Waals surface area contributed by atoms with Crippen molar-refractivity contribution >= 4 is 23.2 Å². The molecule has 1 atom stereocenters. The summed E-state index contributed by atoms with van der Waals surface area (Å²) < 4.78 is 48.1. The summed E-state index contributed by atoms with van der Waals surface area (Å²) in [6, 6.07) is 11.7. The van der Waals surface area contributed by atoms with Crippen LogP contribution in [0.4, 0.5) is 24.5 Å². The number of carbonyl (C=O) groups is 2. The van der Waals surface area contributed by atoms with Gasteiger partial charge < -0.3 is 15.0 Å². The molecule has 2 aliphatic rings. The van der Waals surface area contributed by atoms with Gasteiger partial charge >= 0.3 is 6.36 Å². The fourth-order valence-electron chi connectivity index (χ4n) is 5.05. The molecule has 1 aromatic heterocycles. The average molecular weight is 539 g/mol. The van der Waals surface area contributed by atoms with Crippen molar-refractivity contribution in [2.75, 3.05) is 17.3 Å². The number of carbonyl (C=O) groups excluding carboxylic acids is 2. The Hall–Kier alpha value is -4.30. The topological polar surface area (TPSA) is 85.7 Å². The third-order valence-electron chi connectivity index (χ3n) is 7.04. The first-order chi connectivity index (χ1) is 18.6. The number of hydrogen-bond donors (Lipinski definition) is 1. The van der Waals surface area contributed by atoms with Gasteiger partial charge in [-0.2, -0.15) is 5.10 Å². The first-order valence-electron chi connectivity index (χ1n) is 12.3. The summed E-state index contributed by atoms with van der Waals surface area (Å²) in [6.07, 6.45) is 2.07. The van der Waals surface area contributed by atoms with E-state index in [1.165, 1.54) is 19.4 Å². The van der Waals surface area contributed by atoms with Crippen molar-refractivity contribution in [3.05, 3.63) is 71.0 Å². The van der Waals surface area contributed by atoms with E-state index >= 15 is 0 Å². The molecule has 3 aromatic rings. The molecule has 2 amide bonds. The molecule has 0 unspecified atom stereocenters. The van der Waals surface area contributed by atoms with Crippen molar-refractivity contribution < 1.29 is 32.2 Å². The Morgan fingerprint density at radius 2 is 1.90 bits per heavy atom. The van der Waals surface area contributed by atoms with Crippen molar-refractivity contribution in [1.82, 2.24) is 9.78 Å². The number of ether oxygens (including phenoxy) is 2. The molecule has 0 bridgehead atoms. The first-order valence-corrected chi connectivity index (χ1v) is 12.3. The van der Waals surface area contributed by atoms with Crippen molar-refractivity contribution in [1.29, 1.82) is 0 Å². The maximum absolute atomic E-state index is 13.6. The smallest absolute Gasteiger partial charge is 0.495 e. The minimum atomic E-state index is -4.63. The Kier molecular flexibility index (Phi) is 6.82. The van der Waals surface area contributed by atoms with Crippen molar-refractivity contribution in [2.45, 2.75) is 50.7 Å². The number of anilines is 2. The van der Waals surface area contributed by atoms with Gasteiger partial charge in [-0.1, -0.05) is 18.1 Å². The molecule has 0 saturated heterocycles. The second-order valence-corrected chi connectivity index (χ2v) is 9.57. The second-order valence-electron chi connectivity index (χ2n) is 9.57. The van der Waals surface area contributed by atoms with Crippen LogP contribution in [0, 0.1) is 12.3 Å². The van der Waals surface area contributed by atoms with Gasteiger partial charge in [0.15, 0.2) is 0 Å². The summed E-state index contributed by atoms with van der Waals surface area (Å²) >= 11 is 0. The summed E-state index contributed by atoms with van der Waals surface area (Å²) in [5, 5.41) is 7.05. The first kappa shape index (κ1) is 26.3. The SMILES string of the molecule is C#Cc1cc(C(=O)Nc2cnn3c2C(=O)N(c2ccc(C4CC(OC(F)(F)F)C4)cc2)[C@@H](C)C3)ccc1OC. The Bertz CT molecular complexity index is 1450. The molecule has 0 radical (unpaired) electrons. The lowest BCUT2D eigenvalue weighted by molar-refractivity contribution is -0.351. The summed E-state index contributed by atoms with van der Waals surface area (Å²) in [4.78, 5) is 28.2. The average Bonchev–Trinajstić information content (AvgIpc) is 3.27. The fourth-order valence-corrected chi connectivity index (χ4v) is 5.05. The van der Waals surface area contributed by atoms with Crippen LogP contribution >= 0.6 is 0 Å². The van der Waals surface area contributed by atoms with Crippen molar-refractivity contribution in [3.63, 3.8) is 0 Å². The number of alkyl halides is 3. The van der Waals surface area contributed by atoms with Crippen LogP contribution in [-0.4, -0.2) is 47.2 Å². The Morgan fingerprint density at radius 3 is 2.54 bits per heavy atom. The zero-order valence-electron chi connectivity index (χ0n) is 21.2. The normalized spacial score (nSPS) is 20.6. The molecule has 11 heteroatoms. The van der Waals surface area contributed by atoms with Gasteiger partial charge in [0.1, 0.15) is 11.4 Å². The lowest BCUT2D eigenvalue weighted by Gasteiger charge is -2.36. The van der Waals surface area contributed by atoms with E-state index in [1.807, 2.05) is 19.1 Å². The minimum absolute atomic E-state index is 0.0305. The number of amides is 2. The number of rotatable bonds is 6. The zero-order valence-corrected chi connectivity index (χ0v) is 21.2. The van der Waals surface area contributed by atoms with E-state index in [0.717, 1.165) is 5.56 Å². The van der Waals surface area contributed by atoms with Crippen LogP contribution in [0.3, 0.4) is 0 Å². The summed E-state index contributed by atoms with van der Waals surface area (Å²) in [5.41, 5.74) is 2.75. The number of halogens is 3. The predicted molar refractivity (Wildman–Crippen MR) is 137 cm³/mol. The number of aromatic nitrogens is 2. The van der Waals surface area contributed by atoms with Gasteiger partial charge in [-0.3, -0.25) is 19.0 Å². The predicted octanol–water partition coefficient (Wildman–Crippen LogP) is 4.96. The van der Waals surface area contributed by atoms with E-state index in [2.05, 4.69) is 21.1 Å². The summed E-state index contributed by atoms with van der Waals surface area (Å²) in [6.45, 7) is 2.29. The lowest BCUT2D eigenvalue weighted by Crippen LogP contribution is -2.47. The maximum Gasteiger partial charge on any atom is 0.522 e. The standard InChI is InChI=1S/C28H25F3N4O4/c1-4-17-11-19(7-10-24(17)38-3)26(36)33-23-14-32-34-15-16(2)35(27(37)25(23)34)21-8-5-18(6-9-21)20-12-22(13-20)39-28(29,30)31/h1,5-11,14,16,20,22H,12-13,15H2,2-3H3,(H,33,36)/t16-,20?,22?/m0/s1. The Labute approximate surface area is 222 Å². The van der Waals surface area contributed by atoms with E-state index in [1.54, 1.807) is 33.8 Å². The van der Waals surface area contributed by atoms with Crippen molar-refractivity contribution in [2.24, 2.45) is 0 Å². The van der Waals surface area contributed by atoms with Gasteiger partial charge in [-0.25, -0.2) is 0 Å². The maximum atomic E-state index is 13.6. The van der Waals surface area contributed by atoms with E-state index in [-0.39, 0.29) is 42.1 Å². The molecule has 39 heavy (non-hydrogen) atoms. The van der Waals surface area contributed by atoms with Crippen LogP contribution in [0.2, 0.25) is 0 Å². The third-order valence-corrected chi connectivity index (χ3v) is 7.04. The Morgan fingerprint density at radius 1 is 1.18 bits per heavy atom. The molecule has 0 spiro atoms. The number of nitrogens with one attached hydrogen (secondary N) is 1. The summed E-state index contributed by atoms with van der Waals surface area (Å²) in [7, 11) is 1.48. The highest BCUT2D eigenvalue weighted by molar-refractivity contribution is 6.13. The van der Waals surface area contributed by atoms with Crippen LogP contribution in [0.1, 0.15) is 57.7 Å². The van der Waals surface area contributed by atoms with E-state index in [4.69, 9.17) is 11.2 Å². The number of methoxy groups -OCH3 is 1. The van der Waals surface area contributed by atoms with E-state index in [0.29, 0.717) is 29.1 Å². The lowest BCUT2D eigenvalue weighted by atomic mass is 9.77. The largest absolute Gasteiger partial charge is 0.522 e. The number of terminal acetylenes is 1. The monoisotopic (exact) mass is 538 g/mol. The molecule has 1 N–H and O–H groups in total. The molecule has 1 aliphatic heterocycles. The molecular weight excluding hydrogens is 513 g/mol. The number of benzene rings is 2. The van der Waals surface area contributed by atoms with Gasteiger partial charge in [-0.05, 0) is 61.6 Å². The molecule has 5 rings (SSSR count). The highest BCUT2D eigenvalue weighted by Crippen LogP contribution is 2.42. The van der Waals surface area contributed by atoms with Crippen LogP contribution in [0.25, 0.3) is 0 Å². The third kappa shape index (κ3) is 5.20. The molecule has 202 valence electrons. The fraction of sp³-hybridized carbons (Fsp3) is 0.321. The second kappa shape index (κ2) is 10.1. The highest BCUT2D eigenvalue weighted by Gasteiger charge is 2.41. The van der Waals surface area contributed by atoms with Crippen LogP contribution in [0.5, 0.6) is 5.75 Å². The number of hydrogen-bond acceptors (Lipinski definition) is 5. The summed E-state index contributed by atoms with van der Waals surface area (Å²) in [5.74, 6) is 2.12. The zero-order chi connectivity index (χ0) is 27.9. The van der Waals surface area contributed by atoms with Crippen LogP contribution in [-0.2, 0) is 11.3 Å². The van der Waals surface area contributed by atoms with Crippen molar-refractivity contribution in [3.8, 4) is 18.1 Å². The van der Waals surface area contributed by atoms with Gasteiger partial charge in [0, 0.05) is 11.3 Å². The quantitative estimate of drug-likeness (QED) is 0.449. The minimum Gasteiger partial charge on any atom is -0.495 e. The molecule has 2 aromatic carbocycles. The molecule has 1 fully saturated rings. The van der Waals surface area contributed by atoms with Gasteiger partial charge in [0.25, 0.3) is 11.8 Å². The molecule has 8 nitrogen and oxygen atoms in total. The Balaban J connectivity index is 1.31. The molecular formula is C28H25F3N4O4. The van der Waals surface area contributed by atoms with Gasteiger partial charge in [0.2, 0.25) is 0 Å². The molecule has 1 saturated carbocycles. The number of nitrogens with zero attached hydrogens (tertiary/aromatic N) is 3. The van der Waals surface area contributed by atoms with Crippen LogP contribution in [0.15, 0.2) is 48.7 Å². The van der Waals surface area contributed by atoms with E-state index < -0.39 is 18.4 Å². The molecule has 2 heterocycles. The number of fused-ring (bicyclic) bond motifs is 1. The van der Waals surface area contributed by atoms with Gasteiger partial charge in [0.05, 0.1) is 43.2 Å². The highest BCUT2D eigenvalue weighted by atomic mass is 19.4. The van der Waals surface area contributed by atoms with E-state index in [9.17, 15) is 22.8 Å². The van der Waals surface area contributed by atoms with Gasteiger partial charge in [-0.15, -0.1) is 19.6 Å². The molecule has 1 aliphatic carbocycles. The van der Waals surface area contributed by atoms with Crippen LogP contribution < -0.4 is 15.0 Å².